The van der Waals surface area contributed by atoms with Crippen LogP contribution in [0.4, 0.5) is 0 Å². The van der Waals surface area contributed by atoms with Gasteiger partial charge in [0.2, 0.25) is 0 Å². The molecule has 0 amide bonds. The number of carbonyl (C=O) groups is 1. The zero-order valence-corrected chi connectivity index (χ0v) is 12.9. The monoisotopic (exact) mass is 289 g/mol. The second-order valence-electron chi connectivity index (χ2n) is 5.53. The van der Waals surface area contributed by atoms with Crippen molar-refractivity contribution in [1.82, 2.24) is 5.32 Å². The van der Waals surface area contributed by atoms with E-state index in [0.717, 1.165) is 22.3 Å². The summed E-state index contributed by atoms with van der Waals surface area (Å²) in [5, 5.41) is 13.8. The van der Waals surface area contributed by atoms with Gasteiger partial charge >= 0.3 is 5.97 Å². The van der Waals surface area contributed by atoms with Crippen LogP contribution in [0.3, 0.4) is 0 Å². The summed E-state index contributed by atoms with van der Waals surface area (Å²) < 4.78 is 5.73. The van der Waals surface area contributed by atoms with E-state index < -0.39 is 11.4 Å². The van der Waals surface area contributed by atoms with Crippen molar-refractivity contribution in [3.8, 4) is 0 Å². The summed E-state index contributed by atoms with van der Waals surface area (Å²) in [7, 11) is 0. The highest BCUT2D eigenvalue weighted by atomic mass is 16.4. The van der Waals surface area contributed by atoms with Gasteiger partial charge in [-0.2, -0.15) is 0 Å². The number of aliphatic carboxylic acids is 1. The summed E-state index contributed by atoms with van der Waals surface area (Å²) in [5.74, 6) is 0.159. The first kappa shape index (κ1) is 15.6. The van der Waals surface area contributed by atoms with E-state index in [9.17, 15) is 9.90 Å². The molecule has 0 fully saturated rings. The predicted octanol–water partition coefficient (Wildman–Crippen LogP) is 3.72. The maximum Gasteiger partial charge on any atom is 0.310 e. The van der Waals surface area contributed by atoms with E-state index in [2.05, 4.69) is 5.32 Å². The molecular formula is C17H23NO3. The van der Waals surface area contributed by atoms with Crippen molar-refractivity contribution in [3.63, 3.8) is 0 Å². The maximum absolute atomic E-state index is 11.5. The molecular weight excluding hydrogens is 266 g/mol. The predicted molar refractivity (Wildman–Crippen MR) is 83.3 cm³/mol. The molecule has 0 spiro atoms. The van der Waals surface area contributed by atoms with Crippen molar-refractivity contribution >= 4 is 16.9 Å². The topological polar surface area (TPSA) is 62.5 Å². The Labute approximate surface area is 125 Å². The Morgan fingerprint density at radius 3 is 2.57 bits per heavy atom. The minimum Gasteiger partial charge on any atom is -0.481 e. The highest BCUT2D eigenvalue weighted by Gasteiger charge is 2.34. The fourth-order valence-corrected chi connectivity index (χ4v) is 2.75. The van der Waals surface area contributed by atoms with Gasteiger partial charge in [0.05, 0.1) is 5.41 Å². The zero-order valence-electron chi connectivity index (χ0n) is 12.9. The molecule has 0 saturated heterocycles. The molecule has 0 unspecified atom stereocenters. The van der Waals surface area contributed by atoms with E-state index >= 15 is 0 Å². The Morgan fingerprint density at radius 2 is 1.95 bits per heavy atom. The SMILES string of the molecule is CCC(CC)(CNCc1c(C)oc2ccccc12)C(=O)O. The van der Waals surface area contributed by atoms with Gasteiger partial charge in [-0.1, -0.05) is 32.0 Å². The summed E-state index contributed by atoms with van der Waals surface area (Å²) >= 11 is 0. The van der Waals surface area contributed by atoms with E-state index in [4.69, 9.17) is 4.42 Å². The van der Waals surface area contributed by atoms with Gasteiger partial charge in [0.25, 0.3) is 0 Å². The average Bonchev–Trinajstić information content (AvgIpc) is 2.79. The molecule has 0 aliphatic rings. The van der Waals surface area contributed by atoms with Gasteiger partial charge in [-0.15, -0.1) is 0 Å². The number of aryl methyl sites for hydroxylation is 1. The van der Waals surface area contributed by atoms with E-state index in [1.807, 2.05) is 45.0 Å². The van der Waals surface area contributed by atoms with Gasteiger partial charge in [0.1, 0.15) is 11.3 Å². The largest absolute Gasteiger partial charge is 0.481 e. The number of rotatable bonds is 7. The van der Waals surface area contributed by atoms with E-state index in [0.29, 0.717) is 25.9 Å². The molecule has 0 atom stereocenters. The number of hydrogen-bond acceptors (Lipinski definition) is 3. The highest BCUT2D eigenvalue weighted by molar-refractivity contribution is 5.82. The molecule has 1 heterocycles. The number of para-hydroxylation sites is 1. The maximum atomic E-state index is 11.5. The standard InChI is InChI=1S/C17H23NO3/c1-4-17(5-2,16(19)20)11-18-10-14-12(3)21-15-9-7-6-8-13(14)15/h6-9,18H,4-5,10-11H2,1-3H3,(H,19,20). The molecule has 4 heteroatoms. The van der Waals surface area contributed by atoms with E-state index in [-0.39, 0.29) is 0 Å². The lowest BCUT2D eigenvalue weighted by Gasteiger charge is -2.27. The van der Waals surface area contributed by atoms with Crippen LogP contribution in [0.15, 0.2) is 28.7 Å². The Bertz CT molecular complexity index is 626. The first-order valence-corrected chi connectivity index (χ1v) is 7.45. The summed E-state index contributed by atoms with van der Waals surface area (Å²) in [6, 6.07) is 7.92. The van der Waals surface area contributed by atoms with Gasteiger partial charge in [-0.05, 0) is 25.8 Å². The van der Waals surface area contributed by atoms with Crippen LogP contribution in [-0.4, -0.2) is 17.6 Å². The molecule has 0 aliphatic heterocycles. The van der Waals surface area contributed by atoms with Gasteiger partial charge in [-0.25, -0.2) is 0 Å². The molecule has 2 aromatic rings. The fraction of sp³-hybridized carbons (Fsp3) is 0.471. The van der Waals surface area contributed by atoms with E-state index in [1.165, 1.54) is 0 Å². The Hall–Kier alpha value is -1.81. The quantitative estimate of drug-likeness (QED) is 0.815. The molecule has 21 heavy (non-hydrogen) atoms. The summed E-state index contributed by atoms with van der Waals surface area (Å²) in [6.45, 7) is 6.89. The Morgan fingerprint density at radius 1 is 1.29 bits per heavy atom. The summed E-state index contributed by atoms with van der Waals surface area (Å²) in [4.78, 5) is 11.5. The van der Waals surface area contributed by atoms with Crippen molar-refractivity contribution < 1.29 is 14.3 Å². The van der Waals surface area contributed by atoms with Crippen LogP contribution in [0, 0.1) is 12.3 Å². The van der Waals surface area contributed by atoms with Gasteiger partial charge in [0, 0.05) is 24.0 Å². The lowest BCUT2D eigenvalue weighted by atomic mass is 9.82. The van der Waals surface area contributed by atoms with Crippen molar-refractivity contribution in [3.05, 3.63) is 35.6 Å². The highest BCUT2D eigenvalue weighted by Crippen LogP contribution is 2.27. The van der Waals surface area contributed by atoms with Gasteiger partial charge in [0.15, 0.2) is 0 Å². The molecule has 2 N–H and O–H groups in total. The lowest BCUT2D eigenvalue weighted by molar-refractivity contribution is -0.149. The zero-order chi connectivity index (χ0) is 15.5. The number of carboxylic acids is 1. The lowest BCUT2D eigenvalue weighted by Crippen LogP contribution is -2.40. The third kappa shape index (κ3) is 2.95. The van der Waals surface area contributed by atoms with Crippen LogP contribution in [-0.2, 0) is 11.3 Å². The second-order valence-corrected chi connectivity index (χ2v) is 5.53. The molecule has 1 aromatic heterocycles. The first-order valence-electron chi connectivity index (χ1n) is 7.45. The van der Waals surface area contributed by atoms with Crippen molar-refractivity contribution in [2.24, 2.45) is 5.41 Å². The first-order chi connectivity index (χ1) is 10.0. The van der Waals surface area contributed by atoms with Gasteiger partial charge in [-0.3, -0.25) is 4.79 Å². The molecule has 0 radical (unpaired) electrons. The average molecular weight is 289 g/mol. The summed E-state index contributed by atoms with van der Waals surface area (Å²) in [5.41, 5.74) is 1.30. The third-order valence-electron chi connectivity index (χ3n) is 4.47. The smallest absolute Gasteiger partial charge is 0.310 e. The molecule has 4 nitrogen and oxygen atoms in total. The number of hydrogen-bond donors (Lipinski definition) is 2. The van der Waals surface area contributed by atoms with Crippen molar-refractivity contribution in [2.75, 3.05) is 6.54 Å². The normalized spacial score (nSPS) is 12.0. The number of carboxylic acid groups (broad SMARTS) is 1. The number of benzene rings is 1. The Balaban J connectivity index is 2.12. The fourth-order valence-electron chi connectivity index (χ4n) is 2.75. The third-order valence-corrected chi connectivity index (χ3v) is 4.47. The molecule has 0 bridgehead atoms. The molecule has 114 valence electrons. The number of nitrogens with one attached hydrogen (secondary N) is 1. The molecule has 0 saturated carbocycles. The van der Waals surface area contributed by atoms with Crippen LogP contribution >= 0.6 is 0 Å². The van der Waals surface area contributed by atoms with Crippen LogP contribution in [0.2, 0.25) is 0 Å². The van der Waals surface area contributed by atoms with Crippen LogP contribution in [0.1, 0.15) is 38.0 Å². The van der Waals surface area contributed by atoms with Crippen molar-refractivity contribution in [1.29, 1.82) is 0 Å². The van der Waals surface area contributed by atoms with Gasteiger partial charge < -0.3 is 14.8 Å². The van der Waals surface area contributed by atoms with E-state index in [1.54, 1.807) is 0 Å². The second kappa shape index (κ2) is 6.31. The molecule has 0 aliphatic carbocycles. The Kier molecular flexibility index (Phi) is 4.68. The molecule has 2 rings (SSSR count). The molecule has 1 aromatic carbocycles. The minimum absolute atomic E-state index is 0.467. The summed E-state index contributed by atoms with van der Waals surface area (Å²) in [6.07, 6.45) is 1.24. The number of fused-ring (bicyclic) bond motifs is 1. The minimum atomic E-state index is -0.728. The number of furan rings is 1. The van der Waals surface area contributed by atoms with Crippen LogP contribution in [0.5, 0.6) is 0 Å². The van der Waals surface area contributed by atoms with Crippen LogP contribution < -0.4 is 5.32 Å². The van der Waals surface area contributed by atoms with Crippen molar-refractivity contribution in [2.45, 2.75) is 40.2 Å². The van der Waals surface area contributed by atoms with Crippen LogP contribution in [0.25, 0.3) is 11.0 Å².